The minimum atomic E-state index is -3.92. The molecule has 84 valence electrons. The van der Waals surface area contributed by atoms with Gasteiger partial charge in [0.25, 0.3) is 0 Å². The van der Waals surface area contributed by atoms with E-state index in [1.807, 2.05) is 0 Å². The van der Waals surface area contributed by atoms with Crippen LogP contribution in [-0.2, 0) is 21.1 Å². The van der Waals surface area contributed by atoms with Gasteiger partial charge in [-0.1, -0.05) is 12.1 Å². The van der Waals surface area contributed by atoms with Crippen molar-refractivity contribution in [1.29, 1.82) is 0 Å². The van der Waals surface area contributed by atoms with E-state index < -0.39 is 10.3 Å². The second-order valence-corrected chi connectivity index (χ2v) is 4.55. The van der Waals surface area contributed by atoms with Crippen LogP contribution in [0.15, 0.2) is 12.1 Å². The summed E-state index contributed by atoms with van der Waals surface area (Å²) in [6, 6.07) is 3.29. The minimum Gasteiger partial charge on any atom is -0.507 e. The highest BCUT2D eigenvalue weighted by atomic mass is 32.2. The maximum absolute atomic E-state index is 10.5. The molecule has 0 aliphatic heterocycles. The number of phenolic OH excluding ortho intramolecular Hbond substituents is 1. The van der Waals surface area contributed by atoms with E-state index in [1.54, 1.807) is 26.0 Å². The van der Waals surface area contributed by atoms with Crippen LogP contribution in [0.4, 0.5) is 0 Å². The van der Waals surface area contributed by atoms with Crippen LogP contribution in [0.25, 0.3) is 0 Å². The largest absolute Gasteiger partial charge is 0.507 e. The summed E-state index contributed by atoms with van der Waals surface area (Å²) in [7, 11) is -3.92. The normalized spacial score (nSPS) is 11.7. The molecule has 0 heterocycles. The molecule has 0 aliphatic rings. The van der Waals surface area contributed by atoms with E-state index >= 15 is 0 Å². The average Bonchev–Trinajstić information content (AvgIpc) is 2.09. The Morgan fingerprint density at radius 2 is 1.80 bits per heavy atom. The molecule has 0 fully saturated rings. The maximum atomic E-state index is 10.5. The maximum Gasteiger partial charge on any atom is 0.333 e. The van der Waals surface area contributed by atoms with Crippen LogP contribution in [0.3, 0.4) is 0 Å². The third-order valence-electron chi connectivity index (χ3n) is 1.94. The van der Waals surface area contributed by atoms with Crippen LogP contribution in [0, 0.1) is 13.8 Å². The molecule has 1 aromatic carbocycles. The average molecular weight is 231 g/mol. The van der Waals surface area contributed by atoms with Crippen LogP contribution < -0.4 is 5.14 Å². The molecular weight excluding hydrogens is 218 g/mol. The van der Waals surface area contributed by atoms with Gasteiger partial charge in [0.05, 0.1) is 6.61 Å². The van der Waals surface area contributed by atoms with E-state index in [-0.39, 0.29) is 12.4 Å². The van der Waals surface area contributed by atoms with Crippen LogP contribution in [-0.4, -0.2) is 13.5 Å². The molecule has 0 aromatic heterocycles. The number of hydrogen-bond acceptors (Lipinski definition) is 4. The number of phenols is 1. The van der Waals surface area contributed by atoms with Gasteiger partial charge in [-0.3, -0.25) is 4.18 Å². The molecule has 0 aliphatic carbocycles. The molecule has 0 spiro atoms. The van der Waals surface area contributed by atoms with Gasteiger partial charge in [-0.05, 0) is 30.5 Å². The van der Waals surface area contributed by atoms with Crippen molar-refractivity contribution in [2.75, 3.05) is 0 Å². The SMILES string of the molecule is Cc1cc(COS(N)(=O)=O)cc(C)c1O. The Morgan fingerprint density at radius 1 is 1.33 bits per heavy atom. The Hall–Kier alpha value is -1.11. The number of aryl methyl sites for hydroxylation is 2. The van der Waals surface area contributed by atoms with Crippen molar-refractivity contribution < 1.29 is 17.7 Å². The Balaban J connectivity index is 2.89. The molecule has 0 unspecified atom stereocenters. The predicted molar refractivity (Wildman–Crippen MR) is 55.5 cm³/mol. The van der Waals surface area contributed by atoms with Gasteiger partial charge < -0.3 is 5.11 Å². The first-order valence-corrected chi connectivity index (χ1v) is 5.73. The van der Waals surface area contributed by atoms with E-state index in [2.05, 4.69) is 9.32 Å². The molecular formula is C9H13NO4S. The quantitative estimate of drug-likeness (QED) is 0.802. The fourth-order valence-corrected chi connectivity index (χ4v) is 1.58. The van der Waals surface area contributed by atoms with Crippen molar-refractivity contribution in [3.63, 3.8) is 0 Å². The highest BCUT2D eigenvalue weighted by Crippen LogP contribution is 2.23. The van der Waals surface area contributed by atoms with Crippen LogP contribution >= 0.6 is 0 Å². The van der Waals surface area contributed by atoms with Gasteiger partial charge in [-0.25, -0.2) is 5.14 Å². The molecule has 0 amide bonds. The standard InChI is InChI=1S/C9H13NO4S/c1-6-3-8(4-7(2)9(6)11)5-14-15(10,12)13/h3-4,11H,5H2,1-2H3,(H2,10,12,13). The molecule has 1 rings (SSSR count). The van der Waals surface area contributed by atoms with E-state index in [0.717, 1.165) is 0 Å². The van der Waals surface area contributed by atoms with Crippen LogP contribution in [0.5, 0.6) is 5.75 Å². The number of benzene rings is 1. The van der Waals surface area contributed by atoms with E-state index in [4.69, 9.17) is 0 Å². The monoisotopic (exact) mass is 231 g/mol. The van der Waals surface area contributed by atoms with Crippen molar-refractivity contribution in [1.82, 2.24) is 0 Å². The van der Waals surface area contributed by atoms with Gasteiger partial charge in [0.15, 0.2) is 0 Å². The first-order valence-electron chi connectivity index (χ1n) is 4.26. The molecule has 3 N–H and O–H groups in total. The summed E-state index contributed by atoms with van der Waals surface area (Å²) in [6.45, 7) is 3.33. The topological polar surface area (TPSA) is 89.6 Å². The number of hydrogen-bond donors (Lipinski definition) is 2. The fourth-order valence-electron chi connectivity index (χ4n) is 1.28. The molecule has 1 aromatic rings. The zero-order chi connectivity index (χ0) is 11.6. The van der Waals surface area contributed by atoms with E-state index in [0.29, 0.717) is 16.7 Å². The molecule has 0 atom stereocenters. The summed E-state index contributed by atoms with van der Waals surface area (Å²) in [6.07, 6.45) is 0. The molecule has 0 bridgehead atoms. The summed E-state index contributed by atoms with van der Waals surface area (Å²) in [5.41, 5.74) is 1.99. The van der Waals surface area contributed by atoms with Gasteiger partial charge in [0.2, 0.25) is 0 Å². The third-order valence-corrected chi connectivity index (χ3v) is 2.39. The van der Waals surface area contributed by atoms with E-state index in [1.165, 1.54) is 0 Å². The fraction of sp³-hybridized carbons (Fsp3) is 0.333. The number of aromatic hydroxyl groups is 1. The molecule has 0 radical (unpaired) electrons. The molecule has 15 heavy (non-hydrogen) atoms. The Morgan fingerprint density at radius 3 is 2.20 bits per heavy atom. The van der Waals surface area contributed by atoms with Gasteiger partial charge >= 0.3 is 10.3 Å². The second-order valence-electron chi connectivity index (χ2n) is 3.33. The zero-order valence-corrected chi connectivity index (χ0v) is 9.34. The van der Waals surface area contributed by atoms with Gasteiger partial charge in [0.1, 0.15) is 5.75 Å². The summed E-state index contributed by atoms with van der Waals surface area (Å²) in [5.74, 6) is 0.203. The lowest BCUT2D eigenvalue weighted by atomic mass is 10.1. The van der Waals surface area contributed by atoms with Crippen molar-refractivity contribution >= 4 is 10.3 Å². The third kappa shape index (κ3) is 3.50. The van der Waals surface area contributed by atoms with E-state index in [9.17, 15) is 13.5 Å². The van der Waals surface area contributed by atoms with Gasteiger partial charge in [0, 0.05) is 0 Å². The number of rotatable bonds is 3. The molecule has 5 nitrogen and oxygen atoms in total. The molecule has 6 heteroatoms. The Kier molecular flexibility index (Phi) is 3.33. The number of nitrogens with two attached hydrogens (primary N) is 1. The van der Waals surface area contributed by atoms with Gasteiger partial charge in [-0.15, -0.1) is 0 Å². The summed E-state index contributed by atoms with van der Waals surface area (Å²) in [5, 5.41) is 14.2. The molecule has 0 saturated heterocycles. The predicted octanol–water partition coefficient (Wildman–Crippen LogP) is 0.729. The lowest BCUT2D eigenvalue weighted by molar-refractivity contribution is 0.308. The molecule has 0 saturated carbocycles. The zero-order valence-electron chi connectivity index (χ0n) is 8.52. The van der Waals surface area contributed by atoms with Crippen molar-refractivity contribution in [2.45, 2.75) is 20.5 Å². The smallest absolute Gasteiger partial charge is 0.333 e. The van der Waals surface area contributed by atoms with Crippen LogP contribution in [0.1, 0.15) is 16.7 Å². The van der Waals surface area contributed by atoms with Crippen molar-refractivity contribution in [3.8, 4) is 5.75 Å². The highest BCUT2D eigenvalue weighted by Gasteiger charge is 2.06. The first kappa shape index (κ1) is 12.0. The first-order chi connectivity index (χ1) is 6.79. The Bertz CT molecular complexity index is 444. The minimum absolute atomic E-state index is 0.124. The van der Waals surface area contributed by atoms with Crippen molar-refractivity contribution in [3.05, 3.63) is 28.8 Å². The van der Waals surface area contributed by atoms with Gasteiger partial charge in [-0.2, -0.15) is 8.42 Å². The summed E-state index contributed by atoms with van der Waals surface area (Å²) in [4.78, 5) is 0. The second kappa shape index (κ2) is 4.18. The lowest BCUT2D eigenvalue weighted by Gasteiger charge is -2.07. The highest BCUT2D eigenvalue weighted by molar-refractivity contribution is 7.84. The van der Waals surface area contributed by atoms with Crippen molar-refractivity contribution in [2.24, 2.45) is 5.14 Å². The lowest BCUT2D eigenvalue weighted by Crippen LogP contribution is -2.15. The summed E-state index contributed by atoms with van der Waals surface area (Å²) >= 11 is 0. The summed E-state index contributed by atoms with van der Waals surface area (Å²) < 4.78 is 25.5. The van der Waals surface area contributed by atoms with Crippen LogP contribution in [0.2, 0.25) is 0 Å². The Labute approximate surface area is 88.7 Å².